The van der Waals surface area contributed by atoms with Gasteiger partial charge >= 0.3 is 0 Å². The van der Waals surface area contributed by atoms with Gasteiger partial charge in [-0.1, -0.05) is 0 Å². The molecule has 4 nitrogen and oxygen atoms in total. The molecule has 0 saturated heterocycles. The Balaban J connectivity index is 2.05. The smallest absolute Gasteiger partial charge is 0.157 e. The van der Waals surface area contributed by atoms with Gasteiger partial charge in [-0.15, -0.1) is 0 Å². The van der Waals surface area contributed by atoms with E-state index in [-0.39, 0.29) is 0 Å². The van der Waals surface area contributed by atoms with Crippen molar-refractivity contribution < 1.29 is 0 Å². The zero-order valence-electron chi connectivity index (χ0n) is 7.85. The fourth-order valence-electron chi connectivity index (χ4n) is 1.68. The highest BCUT2D eigenvalue weighted by molar-refractivity contribution is 5.46. The summed E-state index contributed by atoms with van der Waals surface area (Å²) in [6, 6.07) is 3.79. The van der Waals surface area contributed by atoms with Crippen LogP contribution in [0, 0.1) is 5.92 Å². The van der Waals surface area contributed by atoms with Crippen LogP contribution >= 0.6 is 0 Å². The van der Waals surface area contributed by atoms with Crippen LogP contribution in [-0.4, -0.2) is 14.6 Å². The summed E-state index contributed by atoms with van der Waals surface area (Å²) in [7, 11) is 0. The molecule has 14 heavy (non-hydrogen) atoms. The molecule has 0 aliphatic heterocycles. The molecule has 2 heterocycles. The maximum absolute atomic E-state index is 5.78. The Morgan fingerprint density at radius 3 is 3.07 bits per heavy atom. The number of rotatable bonds is 2. The van der Waals surface area contributed by atoms with Crippen molar-refractivity contribution in [2.75, 3.05) is 5.73 Å². The number of fused-ring (bicyclic) bond motifs is 1. The molecular formula is C10H12N4. The molecule has 0 spiro atoms. The summed E-state index contributed by atoms with van der Waals surface area (Å²) < 4.78 is 1.71. The van der Waals surface area contributed by atoms with E-state index in [0.717, 1.165) is 23.7 Å². The third-order valence-corrected chi connectivity index (χ3v) is 2.63. The van der Waals surface area contributed by atoms with Crippen LogP contribution in [0.4, 0.5) is 5.82 Å². The van der Waals surface area contributed by atoms with Gasteiger partial charge in [0.25, 0.3) is 0 Å². The fourth-order valence-corrected chi connectivity index (χ4v) is 1.68. The van der Waals surface area contributed by atoms with Gasteiger partial charge in [-0.3, -0.25) is 0 Å². The first kappa shape index (κ1) is 7.79. The van der Waals surface area contributed by atoms with Crippen LogP contribution < -0.4 is 5.73 Å². The van der Waals surface area contributed by atoms with Gasteiger partial charge in [0.1, 0.15) is 5.82 Å². The maximum Gasteiger partial charge on any atom is 0.157 e. The minimum atomic E-state index is 0.650. The van der Waals surface area contributed by atoms with Crippen LogP contribution in [0.5, 0.6) is 0 Å². The predicted molar refractivity (Wildman–Crippen MR) is 53.8 cm³/mol. The molecule has 2 aromatic heterocycles. The van der Waals surface area contributed by atoms with E-state index < -0.39 is 0 Å². The summed E-state index contributed by atoms with van der Waals surface area (Å²) in [5.41, 5.74) is 7.73. The zero-order valence-corrected chi connectivity index (χ0v) is 7.85. The number of nitrogens with zero attached hydrogens (tertiary/aromatic N) is 3. The average molecular weight is 188 g/mol. The summed E-state index contributed by atoms with van der Waals surface area (Å²) in [5, 5.41) is 4.42. The highest BCUT2D eigenvalue weighted by atomic mass is 15.3. The SMILES string of the molecule is Nc1ccnc2cc(CC3CC3)nn12. The van der Waals surface area contributed by atoms with Gasteiger partial charge in [0.15, 0.2) is 5.65 Å². The Hall–Kier alpha value is -1.58. The van der Waals surface area contributed by atoms with Crippen molar-refractivity contribution in [1.82, 2.24) is 14.6 Å². The summed E-state index contributed by atoms with van der Waals surface area (Å²) in [6.07, 6.45) is 5.48. The average Bonchev–Trinajstić information content (AvgIpc) is 2.84. The highest BCUT2D eigenvalue weighted by Crippen LogP contribution is 2.32. The van der Waals surface area contributed by atoms with E-state index in [1.165, 1.54) is 12.8 Å². The molecule has 0 radical (unpaired) electrons. The van der Waals surface area contributed by atoms with E-state index in [9.17, 15) is 0 Å². The van der Waals surface area contributed by atoms with Crippen LogP contribution in [0.15, 0.2) is 18.3 Å². The molecule has 1 aliphatic carbocycles. The molecule has 0 aromatic carbocycles. The van der Waals surface area contributed by atoms with E-state index in [4.69, 9.17) is 5.73 Å². The van der Waals surface area contributed by atoms with Crippen molar-refractivity contribution in [2.45, 2.75) is 19.3 Å². The van der Waals surface area contributed by atoms with Crippen LogP contribution in [-0.2, 0) is 6.42 Å². The van der Waals surface area contributed by atoms with E-state index >= 15 is 0 Å². The summed E-state index contributed by atoms with van der Waals surface area (Å²) in [4.78, 5) is 4.21. The van der Waals surface area contributed by atoms with Gasteiger partial charge in [-0.2, -0.15) is 9.61 Å². The van der Waals surface area contributed by atoms with E-state index in [1.807, 2.05) is 6.07 Å². The van der Waals surface area contributed by atoms with E-state index in [1.54, 1.807) is 16.8 Å². The molecule has 1 aliphatic rings. The first-order chi connectivity index (χ1) is 6.83. The Morgan fingerprint density at radius 1 is 1.50 bits per heavy atom. The molecule has 72 valence electrons. The van der Waals surface area contributed by atoms with Gasteiger partial charge in [-0.05, 0) is 31.2 Å². The zero-order chi connectivity index (χ0) is 9.54. The topological polar surface area (TPSA) is 56.2 Å². The molecular weight excluding hydrogens is 176 g/mol. The minimum Gasteiger partial charge on any atom is -0.384 e. The van der Waals surface area contributed by atoms with Crippen molar-refractivity contribution >= 4 is 11.5 Å². The van der Waals surface area contributed by atoms with Gasteiger partial charge in [0, 0.05) is 12.3 Å². The standard InChI is InChI=1S/C10H12N4/c11-9-3-4-12-10-6-8(13-14(9)10)5-7-1-2-7/h3-4,6-7H,1-2,5,11H2. The molecule has 2 N–H and O–H groups in total. The molecule has 0 unspecified atom stereocenters. The first-order valence-corrected chi connectivity index (χ1v) is 4.92. The third-order valence-electron chi connectivity index (χ3n) is 2.63. The Morgan fingerprint density at radius 2 is 2.36 bits per heavy atom. The number of nitrogen functional groups attached to an aromatic ring is 1. The lowest BCUT2D eigenvalue weighted by Crippen LogP contribution is -1.99. The van der Waals surface area contributed by atoms with Crippen LogP contribution in [0.3, 0.4) is 0 Å². The monoisotopic (exact) mass is 188 g/mol. The second-order valence-corrected chi connectivity index (χ2v) is 3.92. The minimum absolute atomic E-state index is 0.650. The lowest BCUT2D eigenvalue weighted by Gasteiger charge is -1.95. The maximum atomic E-state index is 5.78. The van der Waals surface area contributed by atoms with Gasteiger partial charge in [0.05, 0.1) is 5.69 Å². The van der Waals surface area contributed by atoms with Gasteiger partial charge < -0.3 is 5.73 Å². The van der Waals surface area contributed by atoms with Crippen molar-refractivity contribution in [3.63, 3.8) is 0 Å². The van der Waals surface area contributed by atoms with Crippen LogP contribution in [0.2, 0.25) is 0 Å². The lowest BCUT2D eigenvalue weighted by atomic mass is 10.2. The summed E-state index contributed by atoms with van der Waals surface area (Å²) in [5.74, 6) is 1.50. The molecule has 1 fully saturated rings. The number of aromatic nitrogens is 3. The van der Waals surface area contributed by atoms with Crippen molar-refractivity contribution in [3.8, 4) is 0 Å². The fraction of sp³-hybridized carbons (Fsp3) is 0.400. The van der Waals surface area contributed by atoms with Crippen LogP contribution in [0.1, 0.15) is 18.5 Å². The predicted octanol–water partition coefficient (Wildman–Crippen LogP) is 1.26. The Bertz CT molecular complexity index is 470. The second kappa shape index (κ2) is 2.70. The number of nitrogens with two attached hydrogens (primary N) is 1. The molecule has 1 saturated carbocycles. The Labute approximate surface area is 81.8 Å². The number of hydrogen-bond donors (Lipinski definition) is 1. The first-order valence-electron chi connectivity index (χ1n) is 4.92. The Kier molecular flexibility index (Phi) is 1.50. The number of hydrogen-bond acceptors (Lipinski definition) is 3. The normalized spacial score (nSPS) is 16.3. The summed E-state index contributed by atoms with van der Waals surface area (Å²) >= 11 is 0. The van der Waals surface area contributed by atoms with E-state index in [2.05, 4.69) is 10.1 Å². The molecule has 4 heteroatoms. The van der Waals surface area contributed by atoms with Crippen molar-refractivity contribution in [3.05, 3.63) is 24.0 Å². The lowest BCUT2D eigenvalue weighted by molar-refractivity contribution is 0.782. The van der Waals surface area contributed by atoms with Gasteiger partial charge in [-0.25, -0.2) is 4.98 Å². The largest absolute Gasteiger partial charge is 0.384 e. The molecule has 0 bridgehead atoms. The number of anilines is 1. The van der Waals surface area contributed by atoms with Crippen molar-refractivity contribution in [2.24, 2.45) is 5.92 Å². The molecule has 3 rings (SSSR count). The molecule has 0 atom stereocenters. The van der Waals surface area contributed by atoms with Crippen LogP contribution in [0.25, 0.3) is 5.65 Å². The van der Waals surface area contributed by atoms with Crippen molar-refractivity contribution in [1.29, 1.82) is 0 Å². The van der Waals surface area contributed by atoms with Gasteiger partial charge in [0.2, 0.25) is 0 Å². The quantitative estimate of drug-likeness (QED) is 0.772. The second-order valence-electron chi connectivity index (χ2n) is 3.92. The van der Waals surface area contributed by atoms with E-state index in [0.29, 0.717) is 5.82 Å². The third kappa shape index (κ3) is 1.23. The summed E-state index contributed by atoms with van der Waals surface area (Å²) in [6.45, 7) is 0. The molecule has 2 aromatic rings. The molecule has 0 amide bonds. The highest BCUT2D eigenvalue weighted by Gasteiger charge is 2.22.